The van der Waals surface area contributed by atoms with Crippen LogP contribution in [-0.2, 0) is 17.9 Å². The number of halogens is 3. The molecule has 2 amide bonds. The van der Waals surface area contributed by atoms with E-state index in [1.807, 2.05) is 36.5 Å². The molecule has 2 heterocycles. The van der Waals surface area contributed by atoms with Crippen LogP contribution in [0.15, 0.2) is 70.2 Å². The number of ether oxygens (including phenoxy) is 1. The zero-order valence-electron chi connectivity index (χ0n) is 20.6. The predicted molar refractivity (Wildman–Crippen MR) is 159 cm³/mol. The minimum atomic E-state index is -0.333. The Morgan fingerprint density at radius 2 is 1.79 bits per heavy atom. The van der Waals surface area contributed by atoms with Crippen LogP contribution in [0.3, 0.4) is 0 Å². The number of carbonyl (C=O) groups is 2. The number of aromatic nitrogens is 1. The number of thioether (sulfide) groups is 1. The zero-order chi connectivity index (χ0) is 27.0. The van der Waals surface area contributed by atoms with Gasteiger partial charge in [0, 0.05) is 27.1 Å². The van der Waals surface area contributed by atoms with E-state index in [0.29, 0.717) is 28.1 Å². The number of imide groups is 1. The number of hydrogen-bond donors (Lipinski definition) is 0. The molecule has 1 aromatic heterocycles. The number of rotatable bonds is 7. The highest BCUT2D eigenvalue weighted by molar-refractivity contribution is 9.10. The molecule has 3 aromatic carbocycles. The van der Waals surface area contributed by atoms with Gasteiger partial charge in [-0.2, -0.15) is 0 Å². The summed E-state index contributed by atoms with van der Waals surface area (Å²) >= 11 is 16.6. The predicted octanol–water partition coefficient (Wildman–Crippen LogP) is 8.64. The summed E-state index contributed by atoms with van der Waals surface area (Å²) in [5.74, 6) is 0.503. The zero-order valence-corrected chi connectivity index (χ0v) is 24.5. The van der Waals surface area contributed by atoms with Crippen LogP contribution >= 0.6 is 50.9 Å². The molecule has 1 fully saturated rings. The smallest absolute Gasteiger partial charge is 0.293 e. The number of amides is 2. The topological polar surface area (TPSA) is 51.5 Å². The van der Waals surface area contributed by atoms with Gasteiger partial charge in [0.25, 0.3) is 11.1 Å². The van der Waals surface area contributed by atoms with Crippen molar-refractivity contribution in [1.29, 1.82) is 0 Å². The third kappa shape index (κ3) is 5.66. The lowest BCUT2D eigenvalue weighted by Crippen LogP contribution is -2.27. The van der Waals surface area contributed by atoms with Gasteiger partial charge in [-0.15, -0.1) is 0 Å². The Labute approximate surface area is 243 Å². The molecule has 4 aromatic rings. The average molecular weight is 630 g/mol. The first-order valence-corrected chi connectivity index (χ1v) is 14.2. The van der Waals surface area contributed by atoms with Crippen molar-refractivity contribution in [3.8, 4) is 5.75 Å². The molecule has 0 spiro atoms. The first kappa shape index (κ1) is 26.9. The Balaban J connectivity index is 1.38. The molecule has 0 unspecified atom stereocenters. The summed E-state index contributed by atoms with van der Waals surface area (Å²) in [6, 6.07) is 17.2. The maximum atomic E-state index is 13.2. The number of nitrogens with zero attached hydrogens (tertiary/aromatic N) is 2. The van der Waals surface area contributed by atoms with Gasteiger partial charge in [-0.25, -0.2) is 0 Å². The summed E-state index contributed by atoms with van der Waals surface area (Å²) in [6.07, 6.45) is 3.78. The molecule has 1 saturated heterocycles. The third-order valence-corrected chi connectivity index (χ3v) is 8.58. The van der Waals surface area contributed by atoms with Crippen molar-refractivity contribution in [2.75, 3.05) is 6.61 Å². The van der Waals surface area contributed by atoms with Gasteiger partial charge in [-0.1, -0.05) is 51.3 Å². The minimum Gasteiger partial charge on any atom is -0.492 e. The second-order valence-corrected chi connectivity index (χ2v) is 11.8. The number of hydrogen-bond acceptors (Lipinski definition) is 4. The van der Waals surface area contributed by atoms with Crippen LogP contribution < -0.4 is 4.74 Å². The van der Waals surface area contributed by atoms with Crippen molar-refractivity contribution in [2.45, 2.75) is 26.9 Å². The fourth-order valence-electron chi connectivity index (χ4n) is 4.26. The highest BCUT2D eigenvalue weighted by atomic mass is 79.9. The summed E-state index contributed by atoms with van der Waals surface area (Å²) in [5.41, 5.74) is 5.01. The van der Waals surface area contributed by atoms with Crippen LogP contribution in [0.25, 0.3) is 17.0 Å². The van der Waals surface area contributed by atoms with Crippen molar-refractivity contribution >= 4 is 79.0 Å². The number of aryl methyl sites for hydroxylation is 2. The first-order valence-electron chi connectivity index (χ1n) is 11.9. The summed E-state index contributed by atoms with van der Waals surface area (Å²) in [6.45, 7) is 5.38. The van der Waals surface area contributed by atoms with Gasteiger partial charge in [0.15, 0.2) is 0 Å². The fraction of sp³-hybridized carbons (Fsp3) is 0.172. The lowest BCUT2D eigenvalue weighted by atomic mass is 10.1. The van der Waals surface area contributed by atoms with Gasteiger partial charge in [-0.05, 0) is 90.8 Å². The van der Waals surface area contributed by atoms with Gasteiger partial charge in [-0.3, -0.25) is 14.5 Å². The second kappa shape index (κ2) is 11.2. The molecule has 0 radical (unpaired) electrons. The quantitative estimate of drug-likeness (QED) is 0.192. The maximum Gasteiger partial charge on any atom is 0.293 e. The van der Waals surface area contributed by atoms with Crippen molar-refractivity contribution in [3.63, 3.8) is 0 Å². The van der Waals surface area contributed by atoms with E-state index in [-0.39, 0.29) is 17.7 Å². The van der Waals surface area contributed by atoms with E-state index in [9.17, 15) is 9.59 Å². The molecule has 194 valence electrons. The monoisotopic (exact) mass is 628 g/mol. The normalized spacial score (nSPS) is 14.8. The van der Waals surface area contributed by atoms with Gasteiger partial charge in [0.2, 0.25) is 0 Å². The highest BCUT2D eigenvalue weighted by Crippen LogP contribution is 2.36. The van der Waals surface area contributed by atoms with Crippen LogP contribution in [-0.4, -0.2) is 27.2 Å². The number of fused-ring (bicyclic) bond motifs is 1. The third-order valence-electron chi connectivity index (χ3n) is 6.44. The van der Waals surface area contributed by atoms with Crippen LogP contribution in [0.4, 0.5) is 4.79 Å². The molecule has 1 aliphatic rings. The Bertz CT molecular complexity index is 1620. The lowest BCUT2D eigenvalue weighted by Gasteiger charge is -2.12. The van der Waals surface area contributed by atoms with Gasteiger partial charge in [0.1, 0.15) is 12.4 Å². The van der Waals surface area contributed by atoms with Crippen molar-refractivity contribution in [2.24, 2.45) is 0 Å². The van der Waals surface area contributed by atoms with Crippen LogP contribution in [0.5, 0.6) is 5.75 Å². The average Bonchev–Trinajstić information content (AvgIpc) is 3.34. The van der Waals surface area contributed by atoms with E-state index in [4.69, 9.17) is 27.9 Å². The molecule has 5 nitrogen and oxygen atoms in total. The molecule has 38 heavy (non-hydrogen) atoms. The van der Waals surface area contributed by atoms with E-state index >= 15 is 0 Å². The SMILES string of the molecule is Cc1ccc(OCCn2cc(/C=C3\SC(=O)N(Cc4ccc(Cl)c(Cl)c4)C3=O)c3cc(Br)ccc32)cc1C. The molecule has 1 aliphatic heterocycles. The number of benzene rings is 3. The standard InChI is InChI=1S/C29H23BrCl2N2O3S/c1-17-3-6-22(11-18(17)2)37-10-9-33-16-20(23-14-21(30)5-8-26(23)33)13-27-28(35)34(29(36)38-27)15-19-4-7-24(31)25(32)12-19/h3-8,11-14,16H,9-10,15H2,1-2H3/b27-13-. The molecule has 5 rings (SSSR count). The summed E-state index contributed by atoms with van der Waals surface area (Å²) < 4.78 is 9.04. The number of carbonyl (C=O) groups excluding carboxylic acids is 2. The Hall–Kier alpha value is -2.71. The highest BCUT2D eigenvalue weighted by Gasteiger charge is 2.35. The minimum absolute atomic E-state index is 0.127. The molecule has 0 aliphatic carbocycles. The van der Waals surface area contributed by atoms with E-state index in [2.05, 4.69) is 40.4 Å². The Morgan fingerprint density at radius 1 is 0.974 bits per heavy atom. The van der Waals surface area contributed by atoms with Crippen LogP contribution in [0, 0.1) is 13.8 Å². The van der Waals surface area contributed by atoms with Gasteiger partial charge < -0.3 is 9.30 Å². The van der Waals surface area contributed by atoms with E-state index in [0.717, 1.165) is 44.0 Å². The Morgan fingerprint density at radius 3 is 2.55 bits per heavy atom. The molecule has 9 heteroatoms. The van der Waals surface area contributed by atoms with Crippen molar-refractivity contribution in [3.05, 3.63) is 102 Å². The summed E-state index contributed by atoms with van der Waals surface area (Å²) in [7, 11) is 0. The van der Waals surface area contributed by atoms with E-state index in [1.54, 1.807) is 24.3 Å². The second-order valence-electron chi connectivity index (χ2n) is 9.05. The molecular formula is C29H23BrCl2N2O3S. The first-order chi connectivity index (χ1) is 18.2. The van der Waals surface area contributed by atoms with E-state index in [1.165, 1.54) is 16.0 Å². The van der Waals surface area contributed by atoms with Gasteiger partial charge >= 0.3 is 0 Å². The lowest BCUT2D eigenvalue weighted by molar-refractivity contribution is -0.123. The maximum absolute atomic E-state index is 13.2. The molecule has 0 atom stereocenters. The van der Waals surface area contributed by atoms with Gasteiger partial charge in [0.05, 0.1) is 28.0 Å². The molecule has 0 bridgehead atoms. The fourth-order valence-corrected chi connectivity index (χ4v) is 5.77. The summed E-state index contributed by atoms with van der Waals surface area (Å²) in [4.78, 5) is 27.5. The van der Waals surface area contributed by atoms with Crippen LogP contribution in [0.1, 0.15) is 22.3 Å². The molecule has 0 N–H and O–H groups in total. The summed E-state index contributed by atoms with van der Waals surface area (Å²) in [5, 5.41) is 1.46. The van der Waals surface area contributed by atoms with Crippen molar-refractivity contribution < 1.29 is 14.3 Å². The largest absolute Gasteiger partial charge is 0.492 e. The molecule has 0 saturated carbocycles. The van der Waals surface area contributed by atoms with Crippen LogP contribution in [0.2, 0.25) is 10.0 Å². The Kier molecular flexibility index (Phi) is 7.91. The van der Waals surface area contributed by atoms with Crippen molar-refractivity contribution in [1.82, 2.24) is 9.47 Å². The van der Waals surface area contributed by atoms with E-state index < -0.39 is 0 Å². The molecular weight excluding hydrogens is 607 g/mol.